The monoisotopic (exact) mass is 511 g/mol. The summed E-state index contributed by atoms with van der Waals surface area (Å²) >= 11 is 7.50. The number of para-hydroxylation sites is 2. The van der Waals surface area contributed by atoms with Crippen molar-refractivity contribution >= 4 is 51.8 Å². The van der Waals surface area contributed by atoms with Gasteiger partial charge in [-0.3, -0.25) is 4.79 Å². The van der Waals surface area contributed by atoms with Gasteiger partial charge >= 0.3 is 0 Å². The number of hydrogen-bond acceptors (Lipinski definition) is 7. The third kappa shape index (κ3) is 5.66. The van der Waals surface area contributed by atoms with Crippen LogP contribution in [0.4, 0.5) is 11.5 Å². The van der Waals surface area contributed by atoms with Gasteiger partial charge in [0.2, 0.25) is 5.91 Å². The standard InChI is InChI=1S/C26H30ClN5O2S/c1-18-15-32(16-19(2)34-18)25-26(29-23-6-4-3-5-22(23)28-25)35-17-24(33)31-13-11-30(12-14-31)21-9-7-20(27)8-10-21/h3-10,18-19H,11-17H2,1-2H3/t18-,19-/m0/s1. The molecule has 9 heteroatoms. The fourth-order valence-electron chi connectivity index (χ4n) is 4.72. The number of ether oxygens (including phenoxy) is 1. The van der Waals surface area contributed by atoms with E-state index in [0.717, 1.165) is 58.8 Å². The number of piperazine rings is 1. The van der Waals surface area contributed by atoms with Crippen molar-refractivity contribution in [2.24, 2.45) is 0 Å². The number of thioether (sulfide) groups is 1. The van der Waals surface area contributed by atoms with Crippen LogP contribution in [0.25, 0.3) is 11.0 Å². The summed E-state index contributed by atoms with van der Waals surface area (Å²) in [7, 11) is 0. The van der Waals surface area contributed by atoms with Crippen LogP contribution >= 0.6 is 23.4 Å². The first-order valence-corrected chi connectivity index (χ1v) is 13.4. The molecular weight excluding hydrogens is 482 g/mol. The highest BCUT2D eigenvalue weighted by Crippen LogP contribution is 2.31. The average Bonchev–Trinajstić information content (AvgIpc) is 2.86. The fourth-order valence-corrected chi connectivity index (χ4v) is 5.75. The summed E-state index contributed by atoms with van der Waals surface area (Å²) in [5.41, 5.74) is 2.85. The molecule has 2 atom stereocenters. The highest BCUT2D eigenvalue weighted by molar-refractivity contribution is 8.00. The maximum absolute atomic E-state index is 13.1. The zero-order chi connectivity index (χ0) is 24.4. The van der Waals surface area contributed by atoms with Gasteiger partial charge in [-0.05, 0) is 50.2 Å². The number of rotatable bonds is 5. The van der Waals surface area contributed by atoms with Crippen LogP contribution in [0.2, 0.25) is 5.02 Å². The van der Waals surface area contributed by atoms with Gasteiger partial charge in [0, 0.05) is 50.0 Å². The number of halogens is 1. The van der Waals surface area contributed by atoms with E-state index in [2.05, 4.69) is 23.6 Å². The minimum Gasteiger partial charge on any atom is -0.372 e. The Labute approximate surface area is 215 Å². The molecule has 1 amide bonds. The lowest BCUT2D eigenvalue weighted by Crippen LogP contribution is -2.49. The fraction of sp³-hybridized carbons (Fsp3) is 0.423. The predicted molar refractivity (Wildman–Crippen MR) is 143 cm³/mol. The topological polar surface area (TPSA) is 61.8 Å². The third-order valence-corrected chi connectivity index (χ3v) is 7.59. The first kappa shape index (κ1) is 24.2. The van der Waals surface area contributed by atoms with Crippen molar-refractivity contribution in [3.63, 3.8) is 0 Å². The van der Waals surface area contributed by atoms with Gasteiger partial charge in [0.1, 0.15) is 5.03 Å². The first-order valence-electron chi connectivity index (χ1n) is 12.0. The van der Waals surface area contributed by atoms with Crippen LogP contribution in [0, 0.1) is 0 Å². The zero-order valence-corrected chi connectivity index (χ0v) is 21.6. The van der Waals surface area contributed by atoms with Gasteiger partial charge in [0.15, 0.2) is 5.82 Å². The minimum atomic E-state index is 0.114. The number of anilines is 2. The van der Waals surface area contributed by atoms with Crippen molar-refractivity contribution in [2.45, 2.75) is 31.1 Å². The summed E-state index contributed by atoms with van der Waals surface area (Å²) in [5.74, 6) is 1.32. The highest BCUT2D eigenvalue weighted by Gasteiger charge is 2.27. The maximum atomic E-state index is 13.1. The summed E-state index contributed by atoms with van der Waals surface area (Å²) in [6.07, 6.45) is 0.229. The number of hydrogen-bond donors (Lipinski definition) is 0. The van der Waals surface area contributed by atoms with Crippen molar-refractivity contribution in [3.05, 3.63) is 53.6 Å². The number of benzene rings is 2. The first-order chi connectivity index (χ1) is 17.0. The smallest absolute Gasteiger partial charge is 0.233 e. The largest absolute Gasteiger partial charge is 0.372 e. The van der Waals surface area contributed by atoms with Crippen molar-refractivity contribution in [1.29, 1.82) is 0 Å². The van der Waals surface area contributed by atoms with E-state index in [-0.39, 0.29) is 18.1 Å². The van der Waals surface area contributed by atoms with Crippen LogP contribution in [0.1, 0.15) is 13.8 Å². The lowest BCUT2D eigenvalue weighted by atomic mass is 10.2. The van der Waals surface area contributed by atoms with Crippen LogP contribution in [-0.2, 0) is 9.53 Å². The molecule has 0 spiro atoms. The molecule has 3 aromatic rings. The van der Waals surface area contributed by atoms with E-state index < -0.39 is 0 Å². The molecule has 35 heavy (non-hydrogen) atoms. The van der Waals surface area contributed by atoms with E-state index in [1.807, 2.05) is 53.4 Å². The molecule has 2 aliphatic heterocycles. The summed E-state index contributed by atoms with van der Waals surface area (Å²) < 4.78 is 5.92. The van der Waals surface area contributed by atoms with Crippen LogP contribution in [-0.4, -0.2) is 78.0 Å². The van der Waals surface area contributed by atoms with E-state index in [0.29, 0.717) is 18.8 Å². The molecule has 2 fully saturated rings. The molecule has 2 saturated heterocycles. The molecular formula is C26H30ClN5O2S. The lowest BCUT2D eigenvalue weighted by Gasteiger charge is -2.37. The van der Waals surface area contributed by atoms with Crippen molar-refractivity contribution in [1.82, 2.24) is 14.9 Å². The molecule has 0 aliphatic carbocycles. The molecule has 0 unspecified atom stereocenters. The minimum absolute atomic E-state index is 0.114. The number of nitrogens with zero attached hydrogens (tertiary/aromatic N) is 5. The lowest BCUT2D eigenvalue weighted by molar-refractivity contribution is -0.128. The van der Waals surface area contributed by atoms with E-state index >= 15 is 0 Å². The molecule has 2 aliphatic rings. The SMILES string of the molecule is C[C@H]1CN(c2nc3ccccc3nc2SCC(=O)N2CCN(c3ccc(Cl)cc3)CC2)C[C@H](C)O1. The Balaban J connectivity index is 1.27. The van der Waals surface area contributed by atoms with Gasteiger partial charge in [-0.15, -0.1) is 0 Å². The van der Waals surface area contributed by atoms with E-state index in [9.17, 15) is 4.79 Å². The molecule has 0 bridgehead atoms. The summed E-state index contributed by atoms with van der Waals surface area (Å²) in [6.45, 7) is 8.70. The van der Waals surface area contributed by atoms with E-state index in [1.54, 1.807) is 0 Å². The second-order valence-corrected chi connectivity index (χ2v) is 10.5. The molecule has 0 radical (unpaired) electrons. The van der Waals surface area contributed by atoms with E-state index in [1.165, 1.54) is 11.8 Å². The molecule has 0 saturated carbocycles. The van der Waals surface area contributed by atoms with Gasteiger partial charge in [0.05, 0.1) is 29.0 Å². The van der Waals surface area contributed by atoms with Crippen molar-refractivity contribution < 1.29 is 9.53 Å². The molecule has 1 aromatic heterocycles. The normalized spacial score (nSPS) is 20.9. The molecule has 2 aromatic carbocycles. The maximum Gasteiger partial charge on any atom is 0.233 e. The predicted octanol–water partition coefficient (Wildman–Crippen LogP) is 4.34. The summed E-state index contributed by atoms with van der Waals surface area (Å²) in [6, 6.07) is 15.8. The average molecular weight is 512 g/mol. The van der Waals surface area contributed by atoms with Crippen LogP contribution in [0.5, 0.6) is 0 Å². The van der Waals surface area contributed by atoms with Crippen LogP contribution < -0.4 is 9.80 Å². The van der Waals surface area contributed by atoms with Gasteiger partial charge in [-0.2, -0.15) is 0 Å². The molecule has 3 heterocycles. The second-order valence-electron chi connectivity index (χ2n) is 9.14. The number of fused-ring (bicyclic) bond motifs is 1. The van der Waals surface area contributed by atoms with Gasteiger partial charge in [-0.1, -0.05) is 35.5 Å². The summed E-state index contributed by atoms with van der Waals surface area (Å²) in [5, 5.41) is 1.54. The third-order valence-electron chi connectivity index (χ3n) is 6.40. The van der Waals surface area contributed by atoms with Crippen molar-refractivity contribution in [3.8, 4) is 0 Å². The Morgan fingerprint density at radius 2 is 1.57 bits per heavy atom. The van der Waals surface area contributed by atoms with Crippen LogP contribution in [0.3, 0.4) is 0 Å². The second kappa shape index (κ2) is 10.6. The Bertz CT molecular complexity index is 1180. The van der Waals surface area contributed by atoms with Crippen LogP contribution in [0.15, 0.2) is 53.6 Å². The number of carbonyl (C=O) groups excluding carboxylic acids is 1. The summed E-state index contributed by atoms with van der Waals surface area (Å²) in [4.78, 5) is 29.4. The Kier molecular flexibility index (Phi) is 7.32. The molecule has 184 valence electrons. The highest BCUT2D eigenvalue weighted by atomic mass is 35.5. The Morgan fingerprint density at radius 3 is 2.23 bits per heavy atom. The Morgan fingerprint density at radius 1 is 0.943 bits per heavy atom. The zero-order valence-electron chi connectivity index (χ0n) is 20.1. The number of carbonyl (C=O) groups is 1. The quantitative estimate of drug-likeness (QED) is 0.472. The molecule has 7 nitrogen and oxygen atoms in total. The Hall–Kier alpha value is -2.55. The number of amides is 1. The van der Waals surface area contributed by atoms with E-state index in [4.69, 9.17) is 26.3 Å². The number of aromatic nitrogens is 2. The van der Waals surface area contributed by atoms with Gasteiger partial charge in [-0.25, -0.2) is 9.97 Å². The van der Waals surface area contributed by atoms with Gasteiger partial charge < -0.3 is 19.4 Å². The van der Waals surface area contributed by atoms with Gasteiger partial charge in [0.25, 0.3) is 0 Å². The molecule has 5 rings (SSSR count). The number of morpholine rings is 1. The van der Waals surface area contributed by atoms with Crippen molar-refractivity contribution in [2.75, 3.05) is 54.8 Å². The molecule has 0 N–H and O–H groups in total.